The van der Waals surface area contributed by atoms with E-state index in [2.05, 4.69) is 30.3 Å². The standard InChI is InChI=1S/C17H16O/c1-2-4-7(5-3-1)17-14-9-6-8-10-11(9)15(17)13(10)16(18-17)12(8)14/h1-5,8-16H,6H2/t8-,9-,10-,11-,12+,13+,14+,15-,16+,17-/m0/s1. The lowest BCUT2D eigenvalue weighted by atomic mass is 9.56. The summed E-state index contributed by atoms with van der Waals surface area (Å²) in [6.45, 7) is 0. The predicted molar refractivity (Wildman–Crippen MR) is 65.5 cm³/mol. The molecule has 18 heavy (non-hydrogen) atoms. The second-order valence-corrected chi connectivity index (χ2v) is 7.67. The molecule has 7 aliphatic rings. The number of hydrogen-bond donors (Lipinski definition) is 0. The molecule has 7 fully saturated rings. The second-order valence-electron chi connectivity index (χ2n) is 7.67. The lowest BCUT2D eigenvalue weighted by Gasteiger charge is -2.46. The molecule has 0 radical (unpaired) electrons. The first-order chi connectivity index (χ1) is 8.93. The van der Waals surface area contributed by atoms with Gasteiger partial charge in [-0.2, -0.15) is 0 Å². The Balaban J connectivity index is 1.58. The van der Waals surface area contributed by atoms with Crippen molar-refractivity contribution < 1.29 is 4.74 Å². The van der Waals surface area contributed by atoms with Crippen LogP contribution in [0.25, 0.3) is 0 Å². The summed E-state index contributed by atoms with van der Waals surface area (Å²) in [6.07, 6.45) is 2.23. The molecule has 1 heteroatoms. The van der Waals surface area contributed by atoms with Gasteiger partial charge in [-0.1, -0.05) is 30.3 Å². The van der Waals surface area contributed by atoms with Gasteiger partial charge in [-0.05, 0) is 47.5 Å². The van der Waals surface area contributed by atoms with E-state index in [0.717, 1.165) is 47.3 Å². The fourth-order valence-corrected chi connectivity index (χ4v) is 8.17. The smallest absolute Gasteiger partial charge is 0.100 e. The molecule has 0 unspecified atom stereocenters. The van der Waals surface area contributed by atoms with Gasteiger partial charge in [0.25, 0.3) is 0 Å². The number of benzene rings is 1. The molecule has 1 aromatic carbocycles. The summed E-state index contributed by atoms with van der Waals surface area (Å²) in [5, 5.41) is 0. The predicted octanol–water partition coefficient (Wildman–Crippen LogP) is 2.67. The van der Waals surface area contributed by atoms with Crippen LogP contribution in [0.15, 0.2) is 30.3 Å². The molecule has 8 rings (SSSR count). The van der Waals surface area contributed by atoms with Crippen molar-refractivity contribution in [1.29, 1.82) is 0 Å². The van der Waals surface area contributed by atoms with Crippen molar-refractivity contribution in [2.75, 3.05) is 0 Å². The van der Waals surface area contributed by atoms with Crippen LogP contribution in [0.1, 0.15) is 12.0 Å². The van der Waals surface area contributed by atoms with E-state index in [0.29, 0.717) is 6.10 Å². The zero-order valence-corrected chi connectivity index (χ0v) is 10.2. The normalized spacial score (nSPS) is 70.6. The molecule has 5 aliphatic carbocycles. The van der Waals surface area contributed by atoms with Crippen molar-refractivity contribution in [3.8, 4) is 0 Å². The second kappa shape index (κ2) is 2.10. The Bertz CT molecular complexity index is 585. The van der Waals surface area contributed by atoms with E-state index in [-0.39, 0.29) is 5.60 Å². The Morgan fingerprint density at radius 1 is 0.889 bits per heavy atom. The van der Waals surface area contributed by atoms with E-state index in [1.165, 1.54) is 5.56 Å². The molecule has 0 spiro atoms. The van der Waals surface area contributed by atoms with Crippen molar-refractivity contribution in [2.24, 2.45) is 47.3 Å². The maximum atomic E-state index is 6.74. The third-order valence-electron chi connectivity index (χ3n) is 7.93. The minimum Gasteiger partial charge on any atom is -0.366 e. The largest absolute Gasteiger partial charge is 0.366 e. The Morgan fingerprint density at radius 3 is 2.67 bits per heavy atom. The number of ether oxygens (including phenoxy) is 1. The highest BCUT2D eigenvalue weighted by molar-refractivity contribution is 5.44. The van der Waals surface area contributed by atoms with Gasteiger partial charge in [0, 0.05) is 11.8 Å². The van der Waals surface area contributed by atoms with Gasteiger partial charge < -0.3 is 4.74 Å². The fraction of sp³-hybridized carbons (Fsp3) is 0.647. The van der Waals surface area contributed by atoms with E-state index in [1.54, 1.807) is 6.42 Å². The highest BCUT2D eigenvalue weighted by Crippen LogP contribution is 2.92. The Morgan fingerprint density at radius 2 is 1.78 bits per heavy atom. The lowest BCUT2D eigenvalue weighted by molar-refractivity contribution is -0.0356. The highest BCUT2D eigenvalue weighted by atomic mass is 16.5. The first-order valence-electron chi connectivity index (χ1n) is 7.66. The van der Waals surface area contributed by atoms with Crippen LogP contribution in [0.3, 0.4) is 0 Å². The van der Waals surface area contributed by atoms with Gasteiger partial charge in [-0.3, -0.25) is 0 Å². The molecule has 1 aromatic rings. The Hall–Kier alpha value is -0.820. The Kier molecular flexibility index (Phi) is 0.975. The first-order valence-corrected chi connectivity index (χ1v) is 7.66. The summed E-state index contributed by atoms with van der Waals surface area (Å²) in [7, 11) is 0. The maximum Gasteiger partial charge on any atom is 0.100 e. The van der Waals surface area contributed by atoms with Gasteiger partial charge in [0.2, 0.25) is 0 Å². The molecule has 0 aromatic heterocycles. The van der Waals surface area contributed by atoms with Crippen LogP contribution in [0.5, 0.6) is 0 Å². The quantitative estimate of drug-likeness (QED) is 0.728. The molecule has 2 aliphatic heterocycles. The van der Waals surface area contributed by atoms with E-state index < -0.39 is 0 Å². The van der Waals surface area contributed by atoms with Crippen LogP contribution in [0, 0.1) is 47.3 Å². The average molecular weight is 236 g/mol. The van der Waals surface area contributed by atoms with Crippen LogP contribution in [0.2, 0.25) is 0 Å². The van der Waals surface area contributed by atoms with Gasteiger partial charge in [0.05, 0.1) is 6.10 Å². The Labute approximate surface area is 107 Å². The van der Waals surface area contributed by atoms with Crippen molar-refractivity contribution >= 4 is 0 Å². The third kappa shape index (κ3) is 0.499. The summed E-state index contributed by atoms with van der Waals surface area (Å²) < 4.78 is 6.74. The molecule has 0 N–H and O–H groups in total. The van der Waals surface area contributed by atoms with Gasteiger partial charge in [0.15, 0.2) is 0 Å². The van der Waals surface area contributed by atoms with E-state index in [1.807, 2.05) is 0 Å². The van der Waals surface area contributed by atoms with Gasteiger partial charge >= 0.3 is 0 Å². The van der Waals surface area contributed by atoms with Crippen molar-refractivity contribution in [3.05, 3.63) is 35.9 Å². The summed E-state index contributed by atoms with van der Waals surface area (Å²) >= 11 is 0. The summed E-state index contributed by atoms with van der Waals surface area (Å²) in [4.78, 5) is 0. The van der Waals surface area contributed by atoms with Crippen LogP contribution in [-0.2, 0) is 10.3 Å². The van der Waals surface area contributed by atoms with Crippen LogP contribution >= 0.6 is 0 Å². The van der Waals surface area contributed by atoms with Gasteiger partial charge in [-0.15, -0.1) is 0 Å². The molecule has 4 bridgehead atoms. The van der Waals surface area contributed by atoms with Crippen molar-refractivity contribution in [3.63, 3.8) is 0 Å². The van der Waals surface area contributed by atoms with E-state index >= 15 is 0 Å². The molecule has 2 saturated heterocycles. The van der Waals surface area contributed by atoms with Gasteiger partial charge in [0.1, 0.15) is 5.60 Å². The van der Waals surface area contributed by atoms with Crippen LogP contribution in [-0.4, -0.2) is 6.10 Å². The SMILES string of the molecule is c1ccc([C@@]23O[C@H]4[C@@H]5[C@H]6[C@@H]7C[C@@H]([C@@H]6[C@@H]52)[C@@H]3[C@@H]74)cc1. The maximum absolute atomic E-state index is 6.74. The summed E-state index contributed by atoms with van der Waals surface area (Å²) in [5.74, 6) is 8.01. The topological polar surface area (TPSA) is 9.23 Å². The first kappa shape index (κ1) is 8.37. The third-order valence-corrected chi connectivity index (χ3v) is 7.93. The lowest BCUT2D eigenvalue weighted by Crippen LogP contribution is -2.47. The summed E-state index contributed by atoms with van der Waals surface area (Å²) in [6, 6.07) is 11.2. The van der Waals surface area contributed by atoms with Crippen molar-refractivity contribution in [2.45, 2.75) is 18.1 Å². The highest BCUT2D eigenvalue weighted by Gasteiger charge is 2.92. The van der Waals surface area contributed by atoms with Crippen LogP contribution in [0.4, 0.5) is 0 Å². The van der Waals surface area contributed by atoms with Gasteiger partial charge in [-0.25, -0.2) is 0 Å². The van der Waals surface area contributed by atoms with Crippen LogP contribution < -0.4 is 0 Å². The zero-order valence-electron chi connectivity index (χ0n) is 10.2. The minimum absolute atomic E-state index is 0.179. The molecule has 2 heterocycles. The monoisotopic (exact) mass is 236 g/mol. The molecular formula is C17H16O. The molecule has 1 nitrogen and oxygen atoms in total. The molecule has 10 atom stereocenters. The molecule has 90 valence electrons. The van der Waals surface area contributed by atoms with Crippen molar-refractivity contribution in [1.82, 2.24) is 0 Å². The zero-order chi connectivity index (χ0) is 11.2. The van der Waals surface area contributed by atoms with E-state index in [4.69, 9.17) is 4.74 Å². The number of rotatable bonds is 1. The average Bonchev–Trinajstić information content (AvgIpc) is 3.01. The number of hydrogen-bond acceptors (Lipinski definition) is 1. The minimum atomic E-state index is 0.179. The van der Waals surface area contributed by atoms with E-state index in [9.17, 15) is 0 Å². The molecule has 0 amide bonds. The summed E-state index contributed by atoms with van der Waals surface area (Å²) in [5.41, 5.74) is 1.70. The molecular weight excluding hydrogens is 220 g/mol. The fourth-order valence-electron chi connectivity index (χ4n) is 8.17. The molecule has 5 saturated carbocycles.